The van der Waals surface area contributed by atoms with E-state index < -0.39 is 0 Å². The van der Waals surface area contributed by atoms with Crippen LogP contribution in [-0.4, -0.2) is 11.0 Å². The number of rotatable bonds is 1. The van der Waals surface area contributed by atoms with E-state index in [0.29, 0.717) is 10.9 Å². The third-order valence-corrected chi connectivity index (χ3v) is 1.35. The highest BCUT2D eigenvalue weighted by atomic mass is 35.5. The molecular formula is C8H8ClNO2. The minimum atomic E-state index is -0.364. The molecule has 0 N–H and O–H groups in total. The number of carbonyl (C=O) groups is 1. The van der Waals surface area contributed by atoms with Crippen LogP contribution in [0.25, 0.3) is 0 Å². The second kappa shape index (κ2) is 3.54. The molecule has 0 fully saturated rings. The van der Waals surface area contributed by atoms with Crippen LogP contribution in [0.2, 0.25) is 5.15 Å². The Morgan fingerprint density at radius 3 is 2.75 bits per heavy atom. The summed E-state index contributed by atoms with van der Waals surface area (Å²) in [6.07, 6.45) is 0. The molecule has 3 nitrogen and oxygen atoms in total. The maximum atomic E-state index is 10.6. The highest BCUT2D eigenvalue weighted by molar-refractivity contribution is 6.29. The van der Waals surface area contributed by atoms with Crippen molar-refractivity contribution in [1.82, 2.24) is 4.98 Å². The van der Waals surface area contributed by atoms with E-state index in [4.69, 9.17) is 16.3 Å². The van der Waals surface area contributed by atoms with Crippen molar-refractivity contribution in [2.45, 2.75) is 13.8 Å². The summed E-state index contributed by atoms with van der Waals surface area (Å²) in [6, 6.07) is 3.14. The number of carbonyl (C=O) groups excluding carboxylic acids is 1. The van der Waals surface area contributed by atoms with Gasteiger partial charge >= 0.3 is 5.97 Å². The van der Waals surface area contributed by atoms with Gasteiger partial charge in [-0.25, -0.2) is 4.98 Å². The molecule has 1 aromatic rings. The van der Waals surface area contributed by atoms with Crippen LogP contribution in [0.15, 0.2) is 12.1 Å². The van der Waals surface area contributed by atoms with Crippen LogP contribution in [0.5, 0.6) is 5.75 Å². The SMILES string of the molecule is CC(=O)Oc1cc(C)nc(Cl)c1. The van der Waals surface area contributed by atoms with Crippen LogP contribution in [0.1, 0.15) is 12.6 Å². The van der Waals surface area contributed by atoms with E-state index >= 15 is 0 Å². The molecule has 12 heavy (non-hydrogen) atoms. The summed E-state index contributed by atoms with van der Waals surface area (Å²) in [7, 11) is 0. The molecule has 4 heteroatoms. The number of aromatic nitrogens is 1. The van der Waals surface area contributed by atoms with E-state index in [1.165, 1.54) is 13.0 Å². The molecule has 1 aromatic heterocycles. The summed E-state index contributed by atoms with van der Waals surface area (Å²) >= 11 is 5.63. The van der Waals surface area contributed by atoms with Crippen molar-refractivity contribution in [3.8, 4) is 5.75 Å². The van der Waals surface area contributed by atoms with Gasteiger partial charge in [0.15, 0.2) is 0 Å². The summed E-state index contributed by atoms with van der Waals surface area (Å²) < 4.78 is 4.81. The van der Waals surface area contributed by atoms with E-state index in [1.807, 2.05) is 0 Å². The number of nitrogens with zero attached hydrogens (tertiary/aromatic N) is 1. The zero-order chi connectivity index (χ0) is 9.14. The molecule has 0 saturated carbocycles. The largest absolute Gasteiger partial charge is 0.427 e. The molecule has 1 heterocycles. The quantitative estimate of drug-likeness (QED) is 0.496. The average Bonchev–Trinajstić information content (AvgIpc) is 1.81. The monoisotopic (exact) mass is 185 g/mol. The number of hydrogen-bond acceptors (Lipinski definition) is 3. The summed E-state index contributed by atoms with van der Waals surface area (Å²) in [5.41, 5.74) is 0.721. The first-order valence-corrected chi connectivity index (χ1v) is 3.78. The van der Waals surface area contributed by atoms with Crippen molar-refractivity contribution < 1.29 is 9.53 Å². The predicted molar refractivity (Wildman–Crippen MR) is 45.3 cm³/mol. The van der Waals surface area contributed by atoms with Gasteiger partial charge in [0.2, 0.25) is 0 Å². The average molecular weight is 186 g/mol. The molecule has 0 unspecified atom stereocenters. The summed E-state index contributed by atoms with van der Waals surface area (Å²) in [5.74, 6) is 0.0664. The normalized spacial score (nSPS) is 9.58. The molecule has 0 aliphatic carbocycles. The number of hydrogen-bond donors (Lipinski definition) is 0. The summed E-state index contributed by atoms with van der Waals surface area (Å²) in [6.45, 7) is 3.11. The smallest absolute Gasteiger partial charge is 0.308 e. The maximum absolute atomic E-state index is 10.6. The number of halogens is 1. The lowest BCUT2D eigenvalue weighted by atomic mass is 10.3. The molecule has 0 aromatic carbocycles. The molecule has 0 amide bonds. The Bertz CT molecular complexity index is 292. The summed E-state index contributed by atoms with van der Waals surface area (Å²) in [5, 5.41) is 0.325. The van der Waals surface area contributed by atoms with Gasteiger partial charge in [-0.2, -0.15) is 0 Å². The fraction of sp³-hybridized carbons (Fsp3) is 0.250. The Labute approximate surface area is 75.3 Å². The first-order chi connectivity index (χ1) is 5.58. The van der Waals surface area contributed by atoms with Crippen LogP contribution in [0.4, 0.5) is 0 Å². The van der Waals surface area contributed by atoms with Gasteiger partial charge in [-0.05, 0) is 6.92 Å². The molecule has 0 radical (unpaired) electrons. The molecule has 0 atom stereocenters. The Morgan fingerprint density at radius 2 is 2.25 bits per heavy atom. The molecule has 0 spiro atoms. The standard InChI is InChI=1S/C8H8ClNO2/c1-5-3-7(12-6(2)11)4-8(9)10-5/h3-4H,1-2H3. The highest BCUT2D eigenvalue weighted by Crippen LogP contribution is 2.17. The summed E-state index contributed by atoms with van der Waals surface area (Å²) in [4.78, 5) is 14.5. The van der Waals surface area contributed by atoms with Gasteiger partial charge in [0.25, 0.3) is 0 Å². The fourth-order valence-electron chi connectivity index (χ4n) is 0.823. The predicted octanol–water partition coefficient (Wildman–Crippen LogP) is 1.97. The first kappa shape index (κ1) is 9.00. The Morgan fingerprint density at radius 1 is 1.58 bits per heavy atom. The van der Waals surface area contributed by atoms with E-state index in [0.717, 1.165) is 5.69 Å². The van der Waals surface area contributed by atoms with Crippen LogP contribution >= 0.6 is 11.6 Å². The van der Waals surface area contributed by atoms with Crippen LogP contribution in [0.3, 0.4) is 0 Å². The van der Waals surface area contributed by atoms with Gasteiger partial charge in [-0.3, -0.25) is 4.79 Å². The van der Waals surface area contributed by atoms with Gasteiger partial charge in [-0.15, -0.1) is 0 Å². The van der Waals surface area contributed by atoms with E-state index in [9.17, 15) is 4.79 Å². The van der Waals surface area contributed by atoms with Gasteiger partial charge in [0, 0.05) is 24.8 Å². The van der Waals surface area contributed by atoms with Crippen LogP contribution in [-0.2, 0) is 4.79 Å². The van der Waals surface area contributed by atoms with Crippen molar-refractivity contribution >= 4 is 17.6 Å². The molecule has 0 saturated heterocycles. The first-order valence-electron chi connectivity index (χ1n) is 3.40. The van der Waals surface area contributed by atoms with Crippen molar-refractivity contribution in [2.75, 3.05) is 0 Å². The fourth-order valence-corrected chi connectivity index (χ4v) is 1.06. The molecule has 0 bridgehead atoms. The van der Waals surface area contributed by atoms with Crippen molar-refractivity contribution in [3.05, 3.63) is 23.0 Å². The highest BCUT2D eigenvalue weighted by Gasteiger charge is 2.00. The zero-order valence-electron chi connectivity index (χ0n) is 6.80. The number of ether oxygens (including phenoxy) is 1. The second-order valence-electron chi connectivity index (χ2n) is 2.36. The Balaban J connectivity index is 2.93. The van der Waals surface area contributed by atoms with Crippen molar-refractivity contribution in [2.24, 2.45) is 0 Å². The van der Waals surface area contributed by atoms with E-state index in [2.05, 4.69) is 4.98 Å². The van der Waals surface area contributed by atoms with Crippen LogP contribution < -0.4 is 4.74 Å². The number of aryl methyl sites for hydroxylation is 1. The topological polar surface area (TPSA) is 39.2 Å². The van der Waals surface area contributed by atoms with Crippen molar-refractivity contribution in [3.63, 3.8) is 0 Å². The van der Waals surface area contributed by atoms with Gasteiger partial charge in [0.1, 0.15) is 10.9 Å². The maximum Gasteiger partial charge on any atom is 0.308 e. The van der Waals surface area contributed by atoms with Crippen LogP contribution in [0, 0.1) is 6.92 Å². The molecule has 1 rings (SSSR count). The van der Waals surface area contributed by atoms with Crippen molar-refractivity contribution in [1.29, 1.82) is 0 Å². The minimum absolute atomic E-state index is 0.325. The third-order valence-electron chi connectivity index (χ3n) is 1.16. The van der Waals surface area contributed by atoms with Gasteiger partial charge in [0.05, 0.1) is 0 Å². The number of esters is 1. The minimum Gasteiger partial charge on any atom is -0.427 e. The van der Waals surface area contributed by atoms with E-state index in [-0.39, 0.29) is 5.97 Å². The molecular weight excluding hydrogens is 178 g/mol. The van der Waals surface area contributed by atoms with E-state index in [1.54, 1.807) is 13.0 Å². The lowest BCUT2D eigenvalue weighted by Gasteiger charge is -2.01. The Kier molecular flexibility index (Phi) is 2.65. The van der Waals surface area contributed by atoms with Gasteiger partial charge in [-0.1, -0.05) is 11.6 Å². The molecule has 0 aliphatic rings. The lowest BCUT2D eigenvalue weighted by Crippen LogP contribution is -2.01. The molecule has 0 aliphatic heterocycles. The lowest BCUT2D eigenvalue weighted by molar-refractivity contribution is -0.131. The Hall–Kier alpha value is -1.09. The molecule has 64 valence electrons. The second-order valence-corrected chi connectivity index (χ2v) is 2.75. The zero-order valence-corrected chi connectivity index (χ0v) is 7.55. The third kappa shape index (κ3) is 2.51. The number of pyridine rings is 1. The van der Waals surface area contributed by atoms with Gasteiger partial charge < -0.3 is 4.74 Å².